The second kappa shape index (κ2) is 2.70. The second-order valence-electron chi connectivity index (χ2n) is 3.12. The number of hydrogen-bond acceptors (Lipinski definition) is 2. The summed E-state index contributed by atoms with van der Waals surface area (Å²) in [4.78, 5) is 0. The van der Waals surface area contributed by atoms with E-state index in [-0.39, 0.29) is 0 Å². The Kier molecular flexibility index (Phi) is 1.68. The van der Waals surface area contributed by atoms with Gasteiger partial charge in [0, 0.05) is 12.1 Å². The summed E-state index contributed by atoms with van der Waals surface area (Å²) < 4.78 is 5.52. The Morgan fingerprint density at radius 3 is 3.08 bits per heavy atom. The van der Waals surface area contributed by atoms with Crippen molar-refractivity contribution in [2.75, 3.05) is 12.3 Å². The summed E-state index contributed by atoms with van der Waals surface area (Å²) in [5.74, 6) is 1.08. The predicted molar refractivity (Wildman–Crippen MR) is 49.4 cm³/mol. The molecule has 1 aliphatic rings. The third-order valence-electron chi connectivity index (χ3n) is 2.26. The number of ether oxygens (including phenoxy) is 1. The van der Waals surface area contributed by atoms with Crippen LogP contribution in [-0.4, -0.2) is 6.61 Å². The SMILES string of the molecule is CCc1cc(N)cc2c1OCC2. The van der Waals surface area contributed by atoms with E-state index in [1.54, 1.807) is 0 Å². The van der Waals surface area contributed by atoms with E-state index < -0.39 is 0 Å². The number of rotatable bonds is 1. The first-order valence-corrected chi connectivity index (χ1v) is 4.35. The average molecular weight is 163 g/mol. The highest BCUT2D eigenvalue weighted by molar-refractivity contribution is 5.54. The van der Waals surface area contributed by atoms with Gasteiger partial charge in [0.15, 0.2) is 0 Å². The Morgan fingerprint density at radius 2 is 2.33 bits per heavy atom. The van der Waals surface area contributed by atoms with E-state index >= 15 is 0 Å². The summed E-state index contributed by atoms with van der Waals surface area (Å²) in [6, 6.07) is 4.02. The lowest BCUT2D eigenvalue weighted by Gasteiger charge is -2.06. The minimum Gasteiger partial charge on any atom is -0.493 e. The van der Waals surface area contributed by atoms with E-state index in [1.807, 2.05) is 12.1 Å². The molecule has 0 aliphatic carbocycles. The summed E-state index contributed by atoms with van der Waals surface area (Å²) in [6.07, 6.45) is 2.00. The van der Waals surface area contributed by atoms with E-state index in [0.717, 1.165) is 30.9 Å². The number of fused-ring (bicyclic) bond motifs is 1. The molecule has 0 amide bonds. The van der Waals surface area contributed by atoms with E-state index in [4.69, 9.17) is 10.5 Å². The minimum absolute atomic E-state index is 0.811. The van der Waals surface area contributed by atoms with E-state index in [2.05, 4.69) is 6.92 Å². The highest BCUT2D eigenvalue weighted by Gasteiger charge is 2.15. The Morgan fingerprint density at radius 1 is 1.50 bits per heavy atom. The van der Waals surface area contributed by atoms with Crippen molar-refractivity contribution in [2.24, 2.45) is 0 Å². The minimum atomic E-state index is 0.811. The van der Waals surface area contributed by atoms with Crippen molar-refractivity contribution in [1.82, 2.24) is 0 Å². The van der Waals surface area contributed by atoms with Gasteiger partial charge in [-0.1, -0.05) is 6.92 Å². The molecule has 1 heterocycles. The molecule has 0 atom stereocenters. The van der Waals surface area contributed by atoms with E-state index in [0.29, 0.717) is 0 Å². The lowest BCUT2D eigenvalue weighted by Crippen LogP contribution is -1.92. The maximum absolute atomic E-state index is 5.75. The second-order valence-corrected chi connectivity index (χ2v) is 3.12. The van der Waals surface area contributed by atoms with Crippen molar-refractivity contribution >= 4 is 5.69 Å². The number of nitrogen functional groups attached to an aromatic ring is 1. The normalized spacial score (nSPS) is 14.1. The molecule has 0 saturated heterocycles. The van der Waals surface area contributed by atoms with Crippen LogP contribution in [0.2, 0.25) is 0 Å². The third kappa shape index (κ3) is 1.04. The van der Waals surface area contributed by atoms with Crippen molar-refractivity contribution in [1.29, 1.82) is 0 Å². The molecule has 2 nitrogen and oxygen atoms in total. The molecule has 1 aromatic rings. The monoisotopic (exact) mass is 163 g/mol. The highest BCUT2D eigenvalue weighted by Crippen LogP contribution is 2.32. The molecule has 0 fully saturated rings. The quantitative estimate of drug-likeness (QED) is 0.640. The number of anilines is 1. The Labute approximate surface area is 72.3 Å². The zero-order valence-corrected chi connectivity index (χ0v) is 7.26. The third-order valence-corrected chi connectivity index (χ3v) is 2.26. The summed E-state index contributed by atoms with van der Waals surface area (Å²) >= 11 is 0. The first kappa shape index (κ1) is 7.47. The van der Waals surface area contributed by atoms with Crippen LogP contribution in [0.3, 0.4) is 0 Å². The molecule has 0 aromatic heterocycles. The fourth-order valence-electron chi connectivity index (χ4n) is 1.68. The molecule has 0 saturated carbocycles. The molecule has 2 rings (SSSR count). The first-order valence-electron chi connectivity index (χ1n) is 4.35. The molecule has 0 radical (unpaired) electrons. The number of benzene rings is 1. The molecule has 1 aromatic carbocycles. The number of aryl methyl sites for hydroxylation is 1. The zero-order valence-electron chi connectivity index (χ0n) is 7.26. The fraction of sp³-hybridized carbons (Fsp3) is 0.400. The van der Waals surface area contributed by atoms with Gasteiger partial charge >= 0.3 is 0 Å². The molecule has 12 heavy (non-hydrogen) atoms. The molecular formula is C10H13NO. The maximum Gasteiger partial charge on any atom is 0.125 e. The van der Waals surface area contributed by atoms with Gasteiger partial charge in [0.25, 0.3) is 0 Å². The van der Waals surface area contributed by atoms with Crippen molar-refractivity contribution in [3.05, 3.63) is 23.3 Å². The molecule has 1 aliphatic heterocycles. The molecular weight excluding hydrogens is 150 g/mol. The van der Waals surface area contributed by atoms with Gasteiger partial charge in [0.2, 0.25) is 0 Å². The van der Waals surface area contributed by atoms with Gasteiger partial charge in [0.05, 0.1) is 6.61 Å². The average Bonchev–Trinajstić information content (AvgIpc) is 2.50. The van der Waals surface area contributed by atoms with E-state index in [9.17, 15) is 0 Å². The van der Waals surface area contributed by atoms with Gasteiger partial charge in [-0.2, -0.15) is 0 Å². The highest BCUT2D eigenvalue weighted by atomic mass is 16.5. The van der Waals surface area contributed by atoms with E-state index in [1.165, 1.54) is 11.1 Å². The van der Waals surface area contributed by atoms with Crippen LogP contribution in [-0.2, 0) is 12.8 Å². The van der Waals surface area contributed by atoms with Crippen LogP contribution in [0.15, 0.2) is 12.1 Å². The van der Waals surface area contributed by atoms with Gasteiger partial charge in [-0.15, -0.1) is 0 Å². The van der Waals surface area contributed by atoms with Crippen LogP contribution in [0, 0.1) is 0 Å². The van der Waals surface area contributed by atoms with Gasteiger partial charge < -0.3 is 10.5 Å². The van der Waals surface area contributed by atoms with Gasteiger partial charge in [0.1, 0.15) is 5.75 Å². The lowest BCUT2D eigenvalue weighted by atomic mass is 10.1. The maximum atomic E-state index is 5.75. The van der Waals surface area contributed by atoms with Crippen LogP contribution in [0.5, 0.6) is 5.75 Å². The molecule has 64 valence electrons. The van der Waals surface area contributed by atoms with Crippen LogP contribution in [0.1, 0.15) is 18.1 Å². The first-order chi connectivity index (χ1) is 5.81. The Bertz CT molecular complexity index is 307. The van der Waals surface area contributed by atoms with Gasteiger partial charge in [-0.25, -0.2) is 0 Å². The number of nitrogens with two attached hydrogens (primary N) is 1. The predicted octanol–water partition coefficient (Wildman–Crippen LogP) is 1.77. The molecule has 0 bridgehead atoms. The molecule has 2 heteroatoms. The summed E-state index contributed by atoms with van der Waals surface area (Å²) in [6.45, 7) is 2.93. The summed E-state index contributed by atoms with van der Waals surface area (Å²) in [5.41, 5.74) is 9.12. The van der Waals surface area contributed by atoms with Crippen LogP contribution >= 0.6 is 0 Å². The Hall–Kier alpha value is -1.18. The van der Waals surface area contributed by atoms with Gasteiger partial charge in [-0.05, 0) is 29.7 Å². The zero-order chi connectivity index (χ0) is 8.55. The summed E-state index contributed by atoms with van der Waals surface area (Å²) in [5, 5.41) is 0. The van der Waals surface area contributed by atoms with Gasteiger partial charge in [-0.3, -0.25) is 0 Å². The van der Waals surface area contributed by atoms with Crippen molar-refractivity contribution < 1.29 is 4.74 Å². The van der Waals surface area contributed by atoms with Crippen LogP contribution in [0.4, 0.5) is 5.69 Å². The van der Waals surface area contributed by atoms with Crippen LogP contribution < -0.4 is 10.5 Å². The lowest BCUT2D eigenvalue weighted by molar-refractivity contribution is 0.353. The smallest absolute Gasteiger partial charge is 0.125 e. The van der Waals surface area contributed by atoms with Crippen molar-refractivity contribution in [3.63, 3.8) is 0 Å². The fourth-order valence-corrected chi connectivity index (χ4v) is 1.68. The van der Waals surface area contributed by atoms with Crippen molar-refractivity contribution in [3.8, 4) is 5.75 Å². The summed E-state index contributed by atoms with van der Waals surface area (Å²) in [7, 11) is 0. The molecule has 0 unspecified atom stereocenters. The number of hydrogen-bond donors (Lipinski definition) is 1. The topological polar surface area (TPSA) is 35.2 Å². The van der Waals surface area contributed by atoms with Crippen molar-refractivity contribution in [2.45, 2.75) is 19.8 Å². The van der Waals surface area contributed by atoms with Crippen LogP contribution in [0.25, 0.3) is 0 Å². The largest absolute Gasteiger partial charge is 0.493 e. The Balaban J connectivity index is 2.55. The standard InChI is InChI=1S/C10H13NO/c1-2-7-5-9(11)6-8-3-4-12-10(7)8/h5-6H,2-4,11H2,1H3. The molecule has 2 N–H and O–H groups in total. The molecule has 0 spiro atoms.